The lowest BCUT2D eigenvalue weighted by molar-refractivity contribution is 0.0924. The van der Waals surface area contributed by atoms with Crippen molar-refractivity contribution in [2.75, 3.05) is 13.1 Å². The molecule has 0 atom stereocenters. The molecule has 0 aliphatic heterocycles. The third-order valence-electron chi connectivity index (χ3n) is 4.02. The molecule has 3 rings (SSSR count). The van der Waals surface area contributed by atoms with Gasteiger partial charge in [-0.1, -0.05) is 23.7 Å². The van der Waals surface area contributed by atoms with E-state index in [-0.39, 0.29) is 30.3 Å². The first-order chi connectivity index (χ1) is 13.4. The molecule has 3 aromatic rings. The number of nitrogens with one attached hydrogen (secondary N) is 2. The summed E-state index contributed by atoms with van der Waals surface area (Å²) in [6, 6.07) is 13.0. The van der Waals surface area contributed by atoms with Crippen molar-refractivity contribution in [3.63, 3.8) is 0 Å². The van der Waals surface area contributed by atoms with Crippen LogP contribution in [-0.4, -0.2) is 34.7 Å². The van der Waals surface area contributed by atoms with Gasteiger partial charge >= 0.3 is 0 Å². The van der Waals surface area contributed by atoms with Gasteiger partial charge in [0.25, 0.3) is 11.8 Å². The highest BCUT2D eigenvalue weighted by atomic mass is 35.5. The van der Waals surface area contributed by atoms with Crippen LogP contribution in [0.1, 0.15) is 26.4 Å². The minimum Gasteiger partial charge on any atom is -0.350 e. The Labute approximate surface area is 166 Å². The molecule has 8 heteroatoms. The number of halogens is 2. The summed E-state index contributed by atoms with van der Waals surface area (Å²) in [7, 11) is 0. The van der Waals surface area contributed by atoms with Crippen molar-refractivity contribution >= 4 is 23.4 Å². The Morgan fingerprint density at radius 1 is 1.07 bits per heavy atom. The number of hydrogen-bond donors (Lipinski definition) is 2. The zero-order valence-electron chi connectivity index (χ0n) is 15.1. The fourth-order valence-electron chi connectivity index (χ4n) is 2.49. The predicted octanol–water partition coefficient (Wildman–Crippen LogP) is 3.13. The smallest absolute Gasteiger partial charge is 0.271 e. The Bertz CT molecular complexity index is 1020. The number of aromatic nitrogens is 2. The van der Waals surface area contributed by atoms with Crippen molar-refractivity contribution < 1.29 is 14.0 Å². The molecule has 0 unspecified atom stereocenters. The quantitative estimate of drug-likeness (QED) is 0.624. The predicted molar refractivity (Wildman–Crippen MR) is 104 cm³/mol. The Morgan fingerprint density at radius 2 is 1.82 bits per heavy atom. The number of aryl methyl sites for hydroxylation is 1. The lowest BCUT2D eigenvalue weighted by Gasteiger charge is -2.07. The second-order valence-corrected chi connectivity index (χ2v) is 6.54. The molecule has 2 amide bonds. The summed E-state index contributed by atoms with van der Waals surface area (Å²) in [5.74, 6) is -1.20. The molecule has 0 spiro atoms. The number of rotatable bonds is 6. The third-order valence-corrected chi connectivity index (χ3v) is 4.26. The molecule has 0 bridgehead atoms. The van der Waals surface area contributed by atoms with Crippen molar-refractivity contribution in [1.29, 1.82) is 0 Å². The van der Waals surface area contributed by atoms with Crippen molar-refractivity contribution in [3.8, 4) is 5.69 Å². The summed E-state index contributed by atoms with van der Waals surface area (Å²) in [6.45, 7) is 2.04. The van der Waals surface area contributed by atoms with E-state index in [0.29, 0.717) is 10.6 Å². The highest BCUT2D eigenvalue weighted by molar-refractivity contribution is 6.30. The highest BCUT2D eigenvalue weighted by Crippen LogP contribution is 2.14. The fraction of sp³-hybridized carbons (Fsp3) is 0.150. The lowest BCUT2D eigenvalue weighted by Crippen LogP contribution is -2.34. The number of carbonyl (C=O) groups is 2. The van der Waals surface area contributed by atoms with Gasteiger partial charge in [-0.05, 0) is 48.9 Å². The van der Waals surface area contributed by atoms with Crippen LogP contribution in [0.15, 0.2) is 54.7 Å². The Morgan fingerprint density at radius 3 is 2.54 bits per heavy atom. The minimum absolute atomic E-state index is 0.203. The van der Waals surface area contributed by atoms with Gasteiger partial charge in [0.15, 0.2) is 5.69 Å². The monoisotopic (exact) mass is 400 g/mol. The van der Waals surface area contributed by atoms with Gasteiger partial charge in [-0.25, -0.2) is 9.07 Å². The largest absolute Gasteiger partial charge is 0.350 e. The first kappa shape index (κ1) is 19.6. The molecule has 2 N–H and O–H groups in total. The topological polar surface area (TPSA) is 76.0 Å². The van der Waals surface area contributed by atoms with Gasteiger partial charge < -0.3 is 10.6 Å². The van der Waals surface area contributed by atoms with Crippen LogP contribution < -0.4 is 10.6 Å². The molecule has 1 heterocycles. The maximum absolute atomic E-state index is 13.5. The number of carbonyl (C=O) groups excluding carboxylic acids is 2. The number of benzene rings is 2. The first-order valence-electron chi connectivity index (χ1n) is 8.58. The van der Waals surface area contributed by atoms with E-state index in [1.165, 1.54) is 6.07 Å². The van der Waals surface area contributed by atoms with Gasteiger partial charge in [0, 0.05) is 29.9 Å². The molecule has 0 saturated heterocycles. The molecular weight excluding hydrogens is 383 g/mol. The lowest BCUT2D eigenvalue weighted by atomic mass is 10.1. The number of amides is 2. The van der Waals surface area contributed by atoms with E-state index in [2.05, 4.69) is 15.7 Å². The molecule has 6 nitrogen and oxygen atoms in total. The van der Waals surface area contributed by atoms with Crippen molar-refractivity contribution in [2.45, 2.75) is 6.92 Å². The summed E-state index contributed by atoms with van der Waals surface area (Å²) in [5.41, 5.74) is 1.69. The van der Waals surface area contributed by atoms with Crippen molar-refractivity contribution in [1.82, 2.24) is 20.4 Å². The summed E-state index contributed by atoms with van der Waals surface area (Å²) < 4.78 is 15.1. The second-order valence-electron chi connectivity index (χ2n) is 6.10. The average Bonchev–Trinajstić information content (AvgIpc) is 3.17. The van der Waals surface area contributed by atoms with Crippen LogP contribution in [0.25, 0.3) is 5.69 Å². The molecule has 28 heavy (non-hydrogen) atoms. The zero-order chi connectivity index (χ0) is 20.1. The van der Waals surface area contributed by atoms with Crippen molar-refractivity contribution in [3.05, 3.63) is 82.4 Å². The van der Waals surface area contributed by atoms with Gasteiger partial charge in [0.2, 0.25) is 0 Å². The Balaban J connectivity index is 1.49. The van der Waals surface area contributed by atoms with E-state index in [1.807, 2.05) is 6.07 Å². The Kier molecular flexibility index (Phi) is 6.06. The SMILES string of the molecule is Cc1ccc(C(=O)NCCNC(=O)c2ccn(-c3cccc(Cl)c3)n2)cc1F. The summed E-state index contributed by atoms with van der Waals surface area (Å²) in [6.07, 6.45) is 1.66. The standard InChI is InChI=1S/C20H18ClFN4O2/c1-13-5-6-14(11-17(13)22)19(27)23-8-9-24-20(28)18-7-10-26(25-18)16-4-2-3-15(21)12-16/h2-7,10-12H,8-9H2,1H3,(H,23,27)(H,24,28). The maximum atomic E-state index is 13.5. The van der Waals surface area contributed by atoms with Crippen LogP contribution >= 0.6 is 11.6 Å². The molecule has 0 saturated carbocycles. The molecule has 0 aliphatic carbocycles. The zero-order valence-corrected chi connectivity index (χ0v) is 15.8. The molecule has 0 fully saturated rings. The van der Waals surface area contributed by atoms with Gasteiger partial charge in [0.05, 0.1) is 5.69 Å². The van der Waals surface area contributed by atoms with E-state index in [0.717, 1.165) is 5.69 Å². The van der Waals surface area contributed by atoms with E-state index >= 15 is 0 Å². The van der Waals surface area contributed by atoms with Gasteiger partial charge in [0.1, 0.15) is 5.82 Å². The van der Waals surface area contributed by atoms with Crippen LogP contribution in [0.5, 0.6) is 0 Å². The Hall–Kier alpha value is -3.19. The summed E-state index contributed by atoms with van der Waals surface area (Å²) in [4.78, 5) is 24.2. The molecular formula is C20H18ClFN4O2. The third kappa shape index (κ3) is 4.75. The van der Waals surface area contributed by atoms with E-state index in [9.17, 15) is 14.0 Å². The molecule has 0 radical (unpaired) electrons. The molecule has 1 aromatic heterocycles. The van der Waals surface area contributed by atoms with Crippen LogP contribution in [0.3, 0.4) is 0 Å². The van der Waals surface area contributed by atoms with Crippen molar-refractivity contribution in [2.24, 2.45) is 0 Å². The van der Waals surface area contributed by atoms with E-state index in [1.54, 1.807) is 54.2 Å². The van der Waals surface area contributed by atoms with Crippen LogP contribution in [-0.2, 0) is 0 Å². The molecule has 0 aliphatic rings. The van der Waals surface area contributed by atoms with Gasteiger partial charge in [-0.3, -0.25) is 9.59 Å². The van der Waals surface area contributed by atoms with Crippen LogP contribution in [0.2, 0.25) is 5.02 Å². The average molecular weight is 401 g/mol. The first-order valence-corrected chi connectivity index (χ1v) is 8.96. The van der Waals surface area contributed by atoms with Gasteiger partial charge in [-0.2, -0.15) is 5.10 Å². The molecule has 144 valence electrons. The maximum Gasteiger partial charge on any atom is 0.271 e. The van der Waals surface area contributed by atoms with Gasteiger partial charge in [-0.15, -0.1) is 0 Å². The minimum atomic E-state index is -0.434. The van der Waals surface area contributed by atoms with E-state index < -0.39 is 11.7 Å². The summed E-state index contributed by atoms with van der Waals surface area (Å²) >= 11 is 5.96. The van der Waals surface area contributed by atoms with Crippen LogP contribution in [0.4, 0.5) is 4.39 Å². The normalized spacial score (nSPS) is 10.5. The highest BCUT2D eigenvalue weighted by Gasteiger charge is 2.11. The second kappa shape index (κ2) is 8.67. The van der Waals surface area contributed by atoms with Crippen LogP contribution in [0, 0.1) is 12.7 Å². The summed E-state index contributed by atoms with van der Waals surface area (Å²) in [5, 5.41) is 10.1. The number of nitrogens with zero attached hydrogens (tertiary/aromatic N) is 2. The number of hydrogen-bond acceptors (Lipinski definition) is 3. The molecule has 2 aromatic carbocycles. The van der Waals surface area contributed by atoms with E-state index in [4.69, 9.17) is 11.6 Å². The fourth-order valence-corrected chi connectivity index (χ4v) is 2.67.